The van der Waals surface area contributed by atoms with Crippen LogP contribution in [-0.4, -0.2) is 74.6 Å². The topological polar surface area (TPSA) is 95.9 Å². The first-order valence-electron chi connectivity index (χ1n) is 11.1. The Hall–Kier alpha value is -1.96. The number of carboxylic acid groups (broad SMARTS) is 1. The summed E-state index contributed by atoms with van der Waals surface area (Å²) in [5, 5.41) is 21.0. The number of rotatable bonds is 18. The molecule has 2 atom stereocenters. The van der Waals surface area contributed by atoms with E-state index in [4.69, 9.17) is 9.47 Å². The molecule has 0 aromatic carbocycles. The van der Waals surface area contributed by atoms with Crippen molar-refractivity contribution in [2.24, 2.45) is 0 Å². The summed E-state index contributed by atoms with van der Waals surface area (Å²) in [7, 11) is 5.32. The number of carbonyl (C=O) groups excluding carboxylic acids is 2. The fourth-order valence-electron chi connectivity index (χ4n) is 2.74. The van der Waals surface area contributed by atoms with Gasteiger partial charge in [-0.2, -0.15) is 0 Å². The van der Waals surface area contributed by atoms with Crippen LogP contribution in [0.1, 0.15) is 51.9 Å². The smallest absolute Gasteiger partial charge is 0.305 e. The number of esters is 1. The van der Waals surface area contributed by atoms with Gasteiger partial charge in [0.05, 0.1) is 40.3 Å². The molecule has 0 rings (SSSR count). The summed E-state index contributed by atoms with van der Waals surface area (Å²) in [6.45, 7) is 2.14. The van der Waals surface area contributed by atoms with E-state index in [1.54, 1.807) is 21.1 Å². The first-order chi connectivity index (χ1) is 14.7. The number of aliphatic hydroxyl groups is 1. The molecule has 178 valence electrons. The highest BCUT2D eigenvalue weighted by Gasteiger charge is 2.24. The van der Waals surface area contributed by atoms with Crippen molar-refractivity contribution in [2.75, 3.05) is 41.0 Å². The number of aliphatic hydroxyl groups excluding tert-OH is 1. The fourth-order valence-corrected chi connectivity index (χ4v) is 2.74. The largest absolute Gasteiger partial charge is 0.544 e. The van der Waals surface area contributed by atoms with Crippen molar-refractivity contribution in [2.45, 2.75) is 64.0 Å². The molecule has 7 nitrogen and oxygen atoms in total. The molecule has 0 aliphatic heterocycles. The Kier molecular flexibility index (Phi) is 16.6. The summed E-state index contributed by atoms with van der Waals surface area (Å²) in [6, 6.07) is -0.692. The lowest BCUT2D eigenvalue weighted by molar-refractivity contribution is -0.889. The molecule has 0 aromatic rings. The van der Waals surface area contributed by atoms with Gasteiger partial charge in [-0.3, -0.25) is 4.79 Å². The maximum absolute atomic E-state index is 11.7. The second kappa shape index (κ2) is 17.7. The van der Waals surface area contributed by atoms with Gasteiger partial charge in [-0.05, 0) is 32.1 Å². The van der Waals surface area contributed by atoms with E-state index >= 15 is 0 Å². The van der Waals surface area contributed by atoms with Crippen molar-refractivity contribution in [3.05, 3.63) is 36.5 Å². The van der Waals surface area contributed by atoms with E-state index in [-0.39, 0.29) is 36.7 Å². The van der Waals surface area contributed by atoms with E-state index < -0.39 is 18.1 Å². The van der Waals surface area contributed by atoms with Crippen LogP contribution in [-0.2, 0) is 19.1 Å². The van der Waals surface area contributed by atoms with Crippen LogP contribution in [0.3, 0.4) is 0 Å². The SMILES string of the molecule is CC/C=C/C/C=C/C/C=C/CCCC(=O)OCC(O)COCCC(C(=O)[O-])[N+](C)(C)C. The standard InChI is InChI=1S/C24H41NO6/c1-5-6-7-8-9-10-11-12-13-14-15-16-23(27)31-20-21(26)19-30-18-17-22(24(28)29)25(2,3)4/h6-7,9-10,12-13,21-22,26H,5,8,11,14-20H2,1-4H3/b7-6+,10-9+,13-12+. The Morgan fingerprint density at radius 2 is 1.61 bits per heavy atom. The number of allylic oxidation sites excluding steroid dienone is 6. The highest BCUT2D eigenvalue weighted by molar-refractivity contribution is 5.69. The van der Waals surface area contributed by atoms with Crippen LogP contribution >= 0.6 is 0 Å². The second-order valence-electron chi connectivity index (χ2n) is 8.34. The van der Waals surface area contributed by atoms with Crippen LogP contribution in [0.15, 0.2) is 36.5 Å². The molecule has 2 unspecified atom stereocenters. The van der Waals surface area contributed by atoms with Crippen LogP contribution in [0.25, 0.3) is 0 Å². The van der Waals surface area contributed by atoms with Gasteiger partial charge in [0, 0.05) is 12.8 Å². The summed E-state index contributed by atoms with van der Waals surface area (Å²) < 4.78 is 10.6. The summed E-state index contributed by atoms with van der Waals surface area (Å²) in [6.07, 6.45) is 16.7. The van der Waals surface area contributed by atoms with Gasteiger partial charge >= 0.3 is 5.97 Å². The number of likely N-dealkylation sites (N-methyl/N-ethyl adjacent to an activating group) is 1. The molecule has 0 fully saturated rings. The number of nitrogens with zero attached hydrogens (tertiary/aromatic N) is 1. The van der Waals surface area contributed by atoms with Gasteiger partial charge in [-0.25, -0.2) is 0 Å². The lowest BCUT2D eigenvalue weighted by atomic mass is 10.1. The molecule has 31 heavy (non-hydrogen) atoms. The Balaban J connectivity index is 3.78. The van der Waals surface area contributed by atoms with E-state index in [1.807, 2.05) is 0 Å². The minimum Gasteiger partial charge on any atom is -0.544 e. The average Bonchev–Trinajstić information content (AvgIpc) is 2.69. The number of unbranched alkanes of at least 4 members (excludes halogenated alkanes) is 1. The number of carbonyl (C=O) groups is 2. The van der Waals surface area contributed by atoms with Crippen molar-refractivity contribution >= 4 is 11.9 Å². The van der Waals surface area contributed by atoms with Crippen LogP contribution in [0.4, 0.5) is 0 Å². The number of hydrogen-bond acceptors (Lipinski definition) is 6. The lowest BCUT2D eigenvalue weighted by Crippen LogP contribution is -2.55. The fraction of sp³-hybridized carbons (Fsp3) is 0.667. The van der Waals surface area contributed by atoms with Crippen molar-refractivity contribution in [1.29, 1.82) is 0 Å². The van der Waals surface area contributed by atoms with E-state index in [1.165, 1.54) is 0 Å². The molecular formula is C24H41NO6. The molecule has 1 N–H and O–H groups in total. The van der Waals surface area contributed by atoms with E-state index in [0.29, 0.717) is 12.8 Å². The normalized spacial score (nSPS) is 14.5. The second-order valence-corrected chi connectivity index (χ2v) is 8.34. The Labute approximate surface area is 187 Å². The maximum Gasteiger partial charge on any atom is 0.305 e. The van der Waals surface area contributed by atoms with E-state index in [0.717, 1.165) is 25.7 Å². The van der Waals surface area contributed by atoms with Crippen molar-refractivity contribution in [3.63, 3.8) is 0 Å². The molecule has 0 spiro atoms. The first-order valence-corrected chi connectivity index (χ1v) is 11.1. The highest BCUT2D eigenvalue weighted by atomic mass is 16.5. The maximum atomic E-state index is 11.7. The first kappa shape index (κ1) is 29.0. The van der Waals surface area contributed by atoms with Crippen molar-refractivity contribution in [3.8, 4) is 0 Å². The number of hydrogen-bond donors (Lipinski definition) is 1. The van der Waals surface area contributed by atoms with Crippen LogP contribution in [0.5, 0.6) is 0 Å². The number of ether oxygens (including phenoxy) is 2. The van der Waals surface area contributed by atoms with E-state index in [2.05, 4.69) is 43.4 Å². The van der Waals surface area contributed by atoms with Gasteiger partial charge in [0.25, 0.3) is 0 Å². The van der Waals surface area contributed by atoms with Gasteiger partial charge in [-0.1, -0.05) is 43.4 Å². The quantitative estimate of drug-likeness (QED) is 0.152. The van der Waals surface area contributed by atoms with Crippen LogP contribution in [0.2, 0.25) is 0 Å². The molecule has 0 aliphatic carbocycles. The predicted molar refractivity (Wildman–Crippen MR) is 120 cm³/mol. The lowest BCUT2D eigenvalue weighted by Gasteiger charge is -2.34. The monoisotopic (exact) mass is 439 g/mol. The van der Waals surface area contributed by atoms with Gasteiger partial charge in [0.1, 0.15) is 18.8 Å². The Bertz CT molecular complexity index is 577. The Morgan fingerprint density at radius 1 is 1.00 bits per heavy atom. The van der Waals surface area contributed by atoms with Crippen molar-refractivity contribution in [1.82, 2.24) is 0 Å². The summed E-state index contributed by atoms with van der Waals surface area (Å²) in [4.78, 5) is 22.9. The third-order valence-corrected chi connectivity index (χ3v) is 4.52. The number of quaternary nitrogens is 1. The molecular weight excluding hydrogens is 398 g/mol. The van der Waals surface area contributed by atoms with Crippen LogP contribution in [0, 0.1) is 0 Å². The number of aliphatic carboxylic acids is 1. The molecule has 7 heteroatoms. The molecule has 0 bridgehead atoms. The molecule has 0 amide bonds. The molecule has 0 heterocycles. The zero-order chi connectivity index (χ0) is 23.5. The Morgan fingerprint density at radius 3 is 2.19 bits per heavy atom. The molecule has 0 radical (unpaired) electrons. The van der Waals surface area contributed by atoms with Gasteiger partial charge in [-0.15, -0.1) is 0 Å². The third kappa shape index (κ3) is 17.4. The predicted octanol–water partition coefficient (Wildman–Crippen LogP) is 2.15. The minimum absolute atomic E-state index is 0.0192. The van der Waals surface area contributed by atoms with E-state index in [9.17, 15) is 19.8 Å². The molecule has 0 aliphatic rings. The minimum atomic E-state index is -1.13. The van der Waals surface area contributed by atoms with Gasteiger partial charge in [0.2, 0.25) is 0 Å². The van der Waals surface area contributed by atoms with Gasteiger partial charge < -0.3 is 29.0 Å². The third-order valence-electron chi connectivity index (χ3n) is 4.52. The zero-order valence-corrected chi connectivity index (χ0v) is 19.6. The summed E-state index contributed by atoms with van der Waals surface area (Å²) in [5.74, 6) is -1.48. The zero-order valence-electron chi connectivity index (χ0n) is 19.6. The van der Waals surface area contributed by atoms with Gasteiger partial charge in [0.15, 0.2) is 0 Å². The van der Waals surface area contributed by atoms with Crippen molar-refractivity contribution < 1.29 is 33.8 Å². The molecule has 0 saturated heterocycles. The number of carboxylic acids is 1. The average molecular weight is 440 g/mol. The summed E-state index contributed by atoms with van der Waals surface area (Å²) >= 11 is 0. The molecule has 0 aromatic heterocycles. The summed E-state index contributed by atoms with van der Waals surface area (Å²) in [5.41, 5.74) is 0. The molecule has 0 saturated carbocycles. The highest BCUT2D eigenvalue weighted by Crippen LogP contribution is 2.07. The van der Waals surface area contributed by atoms with Crippen LogP contribution < -0.4 is 5.11 Å².